The lowest BCUT2D eigenvalue weighted by atomic mass is 10.0. The first-order chi connectivity index (χ1) is 11.6. The Balaban J connectivity index is 1.56. The van der Waals surface area contributed by atoms with E-state index in [0.717, 1.165) is 35.7 Å². The third-order valence-corrected chi connectivity index (χ3v) is 4.34. The fourth-order valence-electron chi connectivity index (χ4n) is 3.16. The second-order valence-electron chi connectivity index (χ2n) is 6.08. The fraction of sp³-hybridized carbons (Fsp3) is 0.375. The second-order valence-corrected chi connectivity index (χ2v) is 6.08. The van der Waals surface area contributed by atoms with Gasteiger partial charge in [0.05, 0.1) is 12.2 Å². The van der Waals surface area contributed by atoms with Crippen LogP contribution >= 0.6 is 0 Å². The van der Waals surface area contributed by atoms with Gasteiger partial charge in [-0.2, -0.15) is 5.10 Å². The quantitative estimate of drug-likeness (QED) is 0.749. The van der Waals surface area contributed by atoms with Crippen LogP contribution in [-0.4, -0.2) is 48.8 Å². The molecule has 4 heterocycles. The molecule has 0 saturated carbocycles. The Morgan fingerprint density at radius 2 is 2.29 bits per heavy atom. The molecule has 1 unspecified atom stereocenters. The molecule has 1 atom stereocenters. The Morgan fingerprint density at radius 1 is 1.42 bits per heavy atom. The topological polar surface area (TPSA) is 80.4 Å². The average Bonchev–Trinajstić information content (AvgIpc) is 3.16. The van der Waals surface area contributed by atoms with Crippen LogP contribution in [0.5, 0.6) is 0 Å². The number of carbonyl (C=O) groups is 1. The van der Waals surface area contributed by atoms with Crippen LogP contribution in [0, 0.1) is 0 Å². The Labute approximate surface area is 139 Å². The summed E-state index contributed by atoms with van der Waals surface area (Å²) in [5.74, 6) is 0.750. The molecule has 1 amide bonds. The van der Waals surface area contributed by atoms with E-state index in [-0.39, 0.29) is 11.9 Å². The van der Waals surface area contributed by atoms with Crippen molar-refractivity contribution in [2.75, 3.05) is 13.6 Å². The van der Waals surface area contributed by atoms with Crippen molar-refractivity contribution in [1.82, 2.24) is 34.6 Å². The van der Waals surface area contributed by atoms with E-state index in [0.29, 0.717) is 6.54 Å². The van der Waals surface area contributed by atoms with Gasteiger partial charge >= 0.3 is 0 Å². The summed E-state index contributed by atoms with van der Waals surface area (Å²) in [7, 11) is 3.67. The number of fused-ring (bicyclic) bond motifs is 2. The van der Waals surface area contributed by atoms with E-state index in [1.54, 1.807) is 16.6 Å². The molecule has 24 heavy (non-hydrogen) atoms. The summed E-state index contributed by atoms with van der Waals surface area (Å²) in [4.78, 5) is 14.6. The summed E-state index contributed by atoms with van der Waals surface area (Å²) in [5.41, 5.74) is 2.74. The molecular weight excluding hydrogens is 306 g/mol. The number of hydrogen-bond donors (Lipinski definition) is 1. The first-order valence-corrected chi connectivity index (χ1v) is 7.93. The number of nitrogens with one attached hydrogen (secondary N) is 1. The van der Waals surface area contributed by atoms with E-state index in [2.05, 4.69) is 20.6 Å². The molecule has 1 N–H and O–H groups in total. The van der Waals surface area contributed by atoms with Crippen LogP contribution in [-0.2, 0) is 24.8 Å². The van der Waals surface area contributed by atoms with E-state index in [9.17, 15) is 4.79 Å². The number of nitrogens with zero attached hydrogens (tertiary/aromatic N) is 6. The number of amides is 1. The van der Waals surface area contributed by atoms with E-state index in [1.807, 2.05) is 42.0 Å². The standard InChI is InChI=1S/C16H19N7O/c1-21(10-14-19-18-13-5-3-4-8-23(13)14)16(24)15-11-9-22(2)20-12(11)6-7-17-15/h3-5,8-9,15,17H,6-7,10H2,1-2H3. The average molecular weight is 325 g/mol. The summed E-state index contributed by atoms with van der Waals surface area (Å²) < 4.78 is 3.66. The lowest BCUT2D eigenvalue weighted by molar-refractivity contribution is -0.133. The van der Waals surface area contributed by atoms with E-state index < -0.39 is 0 Å². The van der Waals surface area contributed by atoms with Gasteiger partial charge in [-0.25, -0.2) is 0 Å². The third-order valence-electron chi connectivity index (χ3n) is 4.34. The minimum absolute atomic E-state index is 0.0108. The van der Waals surface area contributed by atoms with Gasteiger partial charge in [-0.1, -0.05) is 6.07 Å². The third kappa shape index (κ3) is 2.44. The molecule has 3 aromatic heterocycles. The van der Waals surface area contributed by atoms with Crippen molar-refractivity contribution in [1.29, 1.82) is 0 Å². The van der Waals surface area contributed by atoms with Gasteiger partial charge in [0.25, 0.3) is 0 Å². The van der Waals surface area contributed by atoms with Crippen LogP contribution < -0.4 is 5.32 Å². The van der Waals surface area contributed by atoms with Crippen LogP contribution in [0.3, 0.4) is 0 Å². The van der Waals surface area contributed by atoms with E-state index in [1.165, 1.54) is 0 Å². The monoisotopic (exact) mass is 325 g/mol. The van der Waals surface area contributed by atoms with Crippen molar-refractivity contribution in [2.45, 2.75) is 19.0 Å². The molecular formula is C16H19N7O. The SMILES string of the molecule is CN(Cc1nnc2ccccn12)C(=O)C1NCCc2nn(C)cc21. The molecule has 0 aromatic carbocycles. The van der Waals surface area contributed by atoms with Gasteiger partial charge in [-0.05, 0) is 12.1 Å². The molecule has 8 nitrogen and oxygen atoms in total. The normalized spacial score (nSPS) is 17.0. The molecule has 0 bridgehead atoms. The number of likely N-dealkylation sites (N-methyl/N-ethyl adjacent to an activating group) is 1. The van der Waals surface area contributed by atoms with Crippen LogP contribution in [0.15, 0.2) is 30.6 Å². The van der Waals surface area contributed by atoms with Gasteiger partial charge in [0.1, 0.15) is 6.04 Å². The highest BCUT2D eigenvalue weighted by Crippen LogP contribution is 2.23. The van der Waals surface area contributed by atoms with Crippen LogP contribution in [0.2, 0.25) is 0 Å². The summed E-state index contributed by atoms with van der Waals surface area (Å²) in [6, 6.07) is 5.37. The number of pyridine rings is 1. The number of rotatable bonds is 3. The molecule has 0 radical (unpaired) electrons. The molecule has 1 aliphatic rings. The molecule has 0 spiro atoms. The minimum Gasteiger partial charge on any atom is -0.337 e. The number of aryl methyl sites for hydroxylation is 1. The number of aromatic nitrogens is 5. The molecule has 124 valence electrons. The second kappa shape index (κ2) is 5.72. The summed E-state index contributed by atoms with van der Waals surface area (Å²) in [6.07, 6.45) is 4.67. The zero-order valence-corrected chi connectivity index (χ0v) is 13.7. The maximum absolute atomic E-state index is 12.9. The van der Waals surface area contributed by atoms with Gasteiger partial charge in [-0.3, -0.25) is 13.9 Å². The Bertz CT molecular complexity index is 897. The fourth-order valence-corrected chi connectivity index (χ4v) is 3.16. The van der Waals surface area contributed by atoms with Crippen molar-refractivity contribution >= 4 is 11.6 Å². The molecule has 3 aromatic rings. The Kier molecular flexibility index (Phi) is 3.53. The molecule has 1 aliphatic heterocycles. The number of carbonyl (C=O) groups excluding carboxylic acids is 1. The lowest BCUT2D eigenvalue weighted by Crippen LogP contribution is -2.42. The van der Waals surface area contributed by atoms with Gasteiger partial charge in [0.2, 0.25) is 5.91 Å². The molecule has 0 fully saturated rings. The van der Waals surface area contributed by atoms with Crippen molar-refractivity contribution in [3.8, 4) is 0 Å². The minimum atomic E-state index is -0.355. The summed E-state index contributed by atoms with van der Waals surface area (Å²) in [5, 5.41) is 16.1. The summed E-state index contributed by atoms with van der Waals surface area (Å²) >= 11 is 0. The van der Waals surface area contributed by atoms with E-state index >= 15 is 0 Å². The van der Waals surface area contributed by atoms with Crippen molar-refractivity contribution < 1.29 is 4.79 Å². The lowest BCUT2D eigenvalue weighted by Gasteiger charge is -2.26. The molecule has 4 rings (SSSR count). The zero-order valence-electron chi connectivity index (χ0n) is 13.7. The number of hydrogen-bond acceptors (Lipinski definition) is 5. The van der Waals surface area contributed by atoms with Gasteiger partial charge < -0.3 is 10.2 Å². The highest BCUT2D eigenvalue weighted by molar-refractivity contribution is 5.83. The van der Waals surface area contributed by atoms with Crippen molar-refractivity contribution in [3.63, 3.8) is 0 Å². The zero-order chi connectivity index (χ0) is 16.7. The van der Waals surface area contributed by atoms with Gasteiger partial charge in [0, 0.05) is 45.0 Å². The first-order valence-electron chi connectivity index (χ1n) is 7.93. The first kappa shape index (κ1) is 14.8. The Morgan fingerprint density at radius 3 is 3.17 bits per heavy atom. The largest absolute Gasteiger partial charge is 0.337 e. The van der Waals surface area contributed by atoms with Crippen molar-refractivity contribution in [2.24, 2.45) is 7.05 Å². The molecule has 0 saturated heterocycles. The smallest absolute Gasteiger partial charge is 0.244 e. The highest BCUT2D eigenvalue weighted by Gasteiger charge is 2.30. The van der Waals surface area contributed by atoms with E-state index in [4.69, 9.17) is 0 Å². The molecule has 0 aliphatic carbocycles. The van der Waals surface area contributed by atoms with Crippen LogP contribution in [0.4, 0.5) is 0 Å². The maximum atomic E-state index is 12.9. The molecule has 8 heteroatoms. The highest BCUT2D eigenvalue weighted by atomic mass is 16.2. The van der Waals surface area contributed by atoms with Crippen LogP contribution in [0.25, 0.3) is 5.65 Å². The van der Waals surface area contributed by atoms with Crippen LogP contribution in [0.1, 0.15) is 23.1 Å². The van der Waals surface area contributed by atoms with Crippen molar-refractivity contribution in [3.05, 3.63) is 47.7 Å². The maximum Gasteiger partial charge on any atom is 0.244 e. The predicted molar refractivity (Wildman–Crippen MR) is 87.1 cm³/mol. The Hall–Kier alpha value is -2.74. The summed E-state index contributed by atoms with van der Waals surface area (Å²) in [6.45, 7) is 1.15. The van der Waals surface area contributed by atoms with Gasteiger partial charge in [-0.15, -0.1) is 10.2 Å². The predicted octanol–water partition coefficient (Wildman–Crippen LogP) is 0.308. The van der Waals surface area contributed by atoms with Gasteiger partial charge in [0.15, 0.2) is 11.5 Å².